The molecule has 1 aromatic carbocycles. The van der Waals surface area contributed by atoms with Crippen LogP contribution >= 0.6 is 0 Å². The van der Waals surface area contributed by atoms with Gasteiger partial charge < -0.3 is 8.94 Å². The fourth-order valence-electron chi connectivity index (χ4n) is 2.12. The molecule has 2 aromatic heterocycles. The second-order valence-electron chi connectivity index (χ2n) is 5.82. The third-order valence-corrected chi connectivity index (χ3v) is 5.15. The first-order valence-electron chi connectivity index (χ1n) is 7.75. The van der Waals surface area contributed by atoms with Gasteiger partial charge in [0, 0.05) is 22.3 Å². The molecule has 2 heterocycles. The standard InChI is InChI=1S/C17H19N3O3S/c1-11(2)15-19-16(23-20-15)12(3)24(21)10-14-9-22-17(18-14)13-7-5-4-6-8-13/h4-9,11-12H,10H2,1-3H3/t12-,24-/m1/s1. The molecule has 0 amide bonds. The Morgan fingerprint density at radius 2 is 1.88 bits per heavy atom. The Morgan fingerprint density at radius 3 is 2.54 bits per heavy atom. The molecular formula is C17H19N3O3S. The van der Waals surface area contributed by atoms with Gasteiger partial charge in [-0.3, -0.25) is 4.21 Å². The molecule has 0 saturated carbocycles. The zero-order chi connectivity index (χ0) is 17.1. The van der Waals surface area contributed by atoms with Crippen molar-refractivity contribution in [2.75, 3.05) is 0 Å². The maximum atomic E-state index is 12.5. The quantitative estimate of drug-likeness (QED) is 0.675. The van der Waals surface area contributed by atoms with Gasteiger partial charge in [-0.05, 0) is 19.1 Å². The molecule has 0 aliphatic heterocycles. The van der Waals surface area contributed by atoms with Crippen LogP contribution in [-0.2, 0) is 16.6 Å². The number of hydrogen-bond donors (Lipinski definition) is 0. The van der Waals surface area contributed by atoms with Gasteiger partial charge in [0.2, 0.25) is 11.8 Å². The van der Waals surface area contributed by atoms with Crippen molar-refractivity contribution in [3.8, 4) is 11.5 Å². The Kier molecular flexibility index (Phi) is 4.89. The van der Waals surface area contributed by atoms with Crippen molar-refractivity contribution in [1.82, 2.24) is 15.1 Å². The fourth-order valence-corrected chi connectivity index (χ4v) is 3.11. The lowest BCUT2D eigenvalue weighted by Crippen LogP contribution is -2.06. The van der Waals surface area contributed by atoms with Crippen LogP contribution in [0.3, 0.4) is 0 Å². The van der Waals surface area contributed by atoms with Gasteiger partial charge in [0.05, 0.1) is 11.4 Å². The van der Waals surface area contributed by atoms with Crippen molar-refractivity contribution in [3.05, 3.63) is 54.0 Å². The van der Waals surface area contributed by atoms with E-state index in [1.54, 1.807) is 6.26 Å². The number of hydrogen-bond acceptors (Lipinski definition) is 6. The van der Waals surface area contributed by atoms with Crippen LogP contribution in [0.25, 0.3) is 11.5 Å². The summed E-state index contributed by atoms with van der Waals surface area (Å²) >= 11 is 0. The molecule has 0 spiro atoms. The number of oxazole rings is 1. The van der Waals surface area contributed by atoms with E-state index in [9.17, 15) is 4.21 Å². The molecule has 0 radical (unpaired) electrons. The van der Waals surface area contributed by atoms with Crippen molar-refractivity contribution in [2.24, 2.45) is 0 Å². The van der Waals surface area contributed by atoms with Crippen LogP contribution in [0.4, 0.5) is 0 Å². The van der Waals surface area contributed by atoms with Gasteiger partial charge in [-0.25, -0.2) is 4.98 Å². The normalized spacial score (nSPS) is 14.0. The van der Waals surface area contributed by atoms with Gasteiger partial charge in [0.1, 0.15) is 11.5 Å². The second kappa shape index (κ2) is 7.09. The Bertz CT molecular complexity index is 826. The summed E-state index contributed by atoms with van der Waals surface area (Å²) in [6.45, 7) is 5.78. The van der Waals surface area contributed by atoms with Crippen molar-refractivity contribution in [2.45, 2.75) is 37.7 Å². The van der Waals surface area contributed by atoms with Crippen molar-refractivity contribution in [3.63, 3.8) is 0 Å². The zero-order valence-electron chi connectivity index (χ0n) is 13.8. The van der Waals surface area contributed by atoms with Gasteiger partial charge in [-0.15, -0.1) is 0 Å². The van der Waals surface area contributed by atoms with E-state index in [-0.39, 0.29) is 16.9 Å². The van der Waals surface area contributed by atoms with Gasteiger partial charge >= 0.3 is 0 Å². The maximum absolute atomic E-state index is 12.5. The van der Waals surface area contributed by atoms with Crippen molar-refractivity contribution >= 4 is 10.8 Å². The molecule has 0 aliphatic rings. The van der Waals surface area contributed by atoms with E-state index in [1.165, 1.54) is 0 Å². The summed E-state index contributed by atoms with van der Waals surface area (Å²) in [7, 11) is -1.23. The zero-order valence-corrected chi connectivity index (χ0v) is 14.6. The topological polar surface area (TPSA) is 82.0 Å². The number of aromatic nitrogens is 3. The number of benzene rings is 1. The van der Waals surface area contributed by atoms with E-state index in [4.69, 9.17) is 8.94 Å². The Hall–Kier alpha value is -2.28. The van der Waals surface area contributed by atoms with Crippen LogP contribution in [-0.4, -0.2) is 19.3 Å². The molecule has 6 nitrogen and oxygen atoms in total. The molecule has 0 bridgehead atoms. The van der Waals surface area contributed by atoms with Gasteiger partial charge in [-0.2, -0.15) is 4.98 Å². The summed E-state index contributed by atoms with van der Waals surface area (Å²) in [5.74, 6) is 1.99. The van der Waals surface area contributed by atoms with Crippen LogP contribution < -0.4 is 0 Å². The molecule has 0 aliphatic carbocycles. The molecule has 24 heavy (non-hydrogen) atoms. The lowest BCUT2D eigenvalue weighted by Gasteiger charge is -2.04. The summed E-state index contributed by atoms with van der Waals surface area (Å²) in [5, 5.41) is 3.56. The summed E-state index contributed by atoms with van der Waals surface area (Å²) in [4.78, 5) is 8.71. The van der Waals surface area contributed by atoms with E-state index >= 15 is 0 Å². The first-order valence-corrected chi connectivity index (χ1v) is 9.13. The summed E-state index contributed by atoms with van der Waals surface area (Å²) in [6, 6.07) is 9.60. The molecule has 0 fully saturated rings. The minimum atomic E-state index is -1.23. The van der Waals surface area contributed by atoms with Crippen LogP contribution in [0.1, 0.15) is 49.3 Å². The van der Waals surface area contributed by atoms with E-state index in [0.717, 1.165) is 5.56 Å². The number of rotatable bonds is 6. The number of nitrogens with zero attached hydrogens (tertiary/aromatic N) is 3. The third-order valence-electron chi connectivity index (χ3n) is 3.58. The van der Waals surface area contributed by atoms with Crippen LogP contribution in [0, 0.1) is 0 Å². The molecule has 3 aromatic rings. The SMILES string of the molecule is CC(C)c1noc([C@@H](C)[S@](=O)Cc2coc(-c3ccccc3)n2)n1. The van der Waals surface area contributed by atoms with Gasteiger partial charge in [0.25, 0.3) is 0 Å². The Morgan fingerprint density at radius 1 is 1.12 bits per heavy atom. The summed E-state index contributed by atoms with van der Waals surface area (Å²) in [5.41, 5.74) is 1.53. The van der Waals surface area contributed by atoms with Crippen molar-refractivity contribution in [1.29, 1.82) is 0 Å². The maximum Gasteiger partial charge on any atom is 0.242 e. The minimum Gasteiger partial charge on any atom is -0.444 e. The lowest BCUT2D eigenvalue weighted by atomic mass is 10.2. The molecule has 0 unspecified atom stereocenters. The second-order valence-corrected chi connectivity index (χ2v) is 7.58. The highest BCUT2D eigenvalue weighted by molar-refractivity contribution is 7.84. The first-order chi connectivity index (χ1) is 11.5. The average Bonchev–Trinajstić information content (AvgIpc) is 3.24. The summed E-state index contributed by atoms with van der Waals surface area (Å²) < 4.78 is 23.2. The van der Waals surface area contributed by atoms with E-state index in [2.05, 4.69) is 15.1 Å². The lowest BCUT2D eigenvalue weighted by molar-refractivity contribution is 0.371. The molecular weight excluding hydrogens is 326 g/mol. The largest absolute Gasteiger partial charge is 0.444 e. The minimum absolute atomic E-state index is 0.173. The molecule has 7 heteroatoms. The fraction of sp³-hybridized carbons (Fsp3) is 0.353. The molecule has 2 atom stereocenters. The molecule has 3 rings (SSSR count). The van der Waals surface area contributed by atoms with E-state index in [0.29, 0.717) is 23.3 Å². The van der Waals surface area contributed by atoms with Crippen LogP contribution in [0.5, 0.6) is 0 Å². The highest BCUT2D eigenvalue weighted by Gasteiger charge is 2.22. The smallest absolute Gasteiger partial charge is 0.242 e. The monoisotopic (exact) mass is 345 g/mol. The Balaban J connectivity index is 1.69. The van der Waals surface area contributed by atoms with E-state index in [1.807, 2.05) is 51.1 Å². The Labute approximate surface area is 142 Å². The third kappa shape index (κ3) is 3.62. The average molecular weight is 345 g/mol. The van der Waals surface area contributed by atoms with Crippen molar-refractivity contribution < 1.29 is 13.1 Å². The predicted octanol–water partition coefficient (Wildman–Crippen LogP) is 3.86. The molecule has 0 N–H and O–H groups in total. The van der Waals surface area contributed by atoms with Crippen LogP contribution in [0.2, 0.25) is 0 Å². The predicted molar refractivity (Wildman–Crippen MR) is 90.6 cm³/mol. The molecule has 0 saturated heterocycles. The highest BCUT2D eigenvalue weighted by atomic mass is 32.2. The van der Waals surface area contributed by atoms with Gasteiger partial charge in [0.15, 0.2) is 5.82 Å². The summed E-state index contributed by atoms with van der Waals surface area (Å²) in [6.07, 6.45) is 1.54. The van der Waals surface area contributed by atoms with Crippen LogP contribution in [0.15, 0.2) is 45.5 Å². The molecule has 126 valence electrons. The van der Waals surface area contributed by atoms with E-state index < -0.39 is 10.8 Å². The first kappa shape index (κ1) is 16.6. The van der Waals surface area contributed by atoms with Gasteiger partial charge in [-0.1, -0.05) is 37.2 Å². The highest BCUT2D eigenvalue weighted by Crippen LogP contribution is 2.24.